The molecule has 0 bridgehead atoms. The number of nitrogens with zero attached hydrogens (tertiary/aromatic N) is 1. The molecule has 0 radical (unpaired) electrons. The first-order valence-electron chi connectivity index (χ1n) is 10.0. The van der Waals surface area contributed by atoms with E-state index in [1.54, 1.807) is 12.1 Å². The lowest BCUT2D eigenvalue weighted by atomic mass is 9.97. The number of halogens is 2. The Morgan fingerprint density at radius 2 is 1.82 bits per heavy atom. The van der Waals surface area contributed by atoms with E-state index < -0.39 is 27.6 Å². The van der Waals surface area contributed by atoms with Crippen molar-refractivity contribution < 1.29 is 26.7 Å². The SMILES string of the molecule is C#Cc1ccc(Cc2cc(F)cc(Oc3cccc(CS(=O)(=O)N(C)C)c3)c2C(N)=O)c(F)c1. The minimum absolute atomic E-state index is 0.117. The number of ether oxygens (including phenoxy) is 1. The Balaban J connectivity index is 1.99. The molecule has 3 aromatic carbocycles. The molecule has 0 spiro atoms. The predicted molar refractivity (Wildman–Crippen MR) is 125 cm³/mol. The second kappa shape index (κ2) is 10.0. The average Bonchev–Trinajstić information content (AvgIpc) is 2.74. The van der Waals surface area contributed by atoms with E-state index in [-0.39, 0.29) is 40.4 Å². The highest BCUT2D eigenvalue weighted by molar-refractivity contribution is 7.88. The van der Waals surface area contributed by atoms with Crippen molar-refractivity contribution in [2.24, 2.45) is 5.73 Å². The molecule has 34 heavy (non-hydrogen) atoms. The minimum atomic E-state index is -3.52. The highest BCUT2D eigenvalue weighted by Gasteiger charge is 2.20. The summed E-state index contributed by atoms with van der Waals surface area (Å²) in [5.41, 5.74) is 6.53. The predicted octanol–water partition coefficient (Wildman–Crippen LogP) is 3.82. The molecule has 0 aliphatic carbocycles. The number of carbonyl (C=O) groups excluding carboxylic acids is 1. The van der Waals surface area contributed by atoms with E-state index in [9.17, 15) is 22.0 Å². The molecular weight excluding hydrogens is 462 g/mol. The van der Waals surface area contributed by atoms with Gasteiger partial charge in [0.1, 0.15) is 23.1 Å². The number of carbonyl (C=O) groups is 1. The molecule has 0 aliphatic rings. The zero-order chi connectivity index (χ0) is 25.0. The average molecular weight is 485 g/mol. The maximum absolute atomic E-state index is 14.5. The van der Waals surface area contributed by atoms with E-state index in [0.29, 0.717) is 11.1 Å². The molecule has 0 atom stereocenters. The van der Waals surface area contributed by atoms with Crippen molar-refractivity contribution in [3.05, 3.63) is 94.0 Å². The lowest BCUT2D eigenvalue weighted by Crippen LogP contribution is -2.23. The van der Waals surface area contributed by atoms with Gasteiger partial charge in [0.2, 0.25) is 10.0 Å². The first-order valence-corrected chi connectivity index (χ1v) is 11.7. The molecule has 176 valence electrons. The van der Waals surface area contributed by atoms with Gasteiger partial charge in [0, 0.05) is 32.1 Å². The molecule has 0 aliphatic heterocycles. The van der Waals surface area contributed by atoms with E-state index in [2.05, 4.69) is 5.92 Å². The summed E-state index contributed by atoms with van der Waals surface area (Å²) in [6.45, 7) is 0. The zero-order valence-electron chi connectivity index (χ0n) is 18.5. The highest BCUT2D eigenvalue weighted by Crippen LogP contribution is 2.31. The molecule has 0 heterocycles. The zero-order valence-corrected chi connectivity index (χ0v) is 19.3. The number of hydrogen-bond donors (Lipinski definition) is 1. The van der Waals surface area contributed by atoms with Gasteiger partial charge in [-0.15, -0.1) is 6.42 Å². The molecule has 0 unspecified atom stereocenters. The Morgan fingerprint density at radius 3 is 2.44 bits per heavy atom. The smallest absolute Gasteiger partial charge is 0.252 e. The van der Waals surface area contributed by atoms with E-state index >= 15 is 0 Å². The van der Waals surface area contributed by atoms with E-state index in [0.717, 1.165) is 16.4 Å². The van der Waals surface area contributed by atoms with Crippen molar-refractivity contribution in [3.8, 4) is 23.8 Å². The van der Waals surface area contributed by atoms with Crippen molar-refractivity contribution in [3.63, 3.8) is 0 Å². The maximum atomic E-state index is 14.5. The Kier molecular flexibility index (Phi) is 7.35. The van der Waals surface area contributed by atoms with Crippen LogP contribution in [0.1, 0.15) is 32.6 Å². The number of amides is 1. The van der Waals surface area contributed by atoms with Crippen LogP contribution in [-0.4, -0.2) is 32.7 Å². The normalized spacial score (nSPS) is 11.3. The molecule has 9 heteroatoms. The van der Waals surface area contributed by atoms with Gasteiger partial charge in [0.05, 0.1) is 11.3 Å². The summed E-state index contributed by atoms with van der Waals surface area (Å²) in [5, 5.41) is 0. The molecule has 6 nitrogen and oxygen atoms in total. The first kappa shape index (κ1) is 24.9. The summed E-state index contributed by atoms with van der Waals surface area (Å²) in [6, 6.07) is 12.4. The van der Waals surface area contributed by atoms with E-state index in [1.807, 2.05) is 0 Å². The van der Waals surface area contributed by atoms with Crippen LogP contribution < -0.4 is 10.5 Å². The second-order valence-corrected chi connectivity index (χ2v) is 9.90. The minimum Gasteiger partial charge on any atom is -0.456 e. The lowest BCUT2D eigenvalue weighted by molar-refractivity contribution is 0.0997. The Morgan fingerprint density at radius 1 is 1.09 bits per heavy atom. The number of hydrogen-bond acceptors (Lipinski definition) is 4. The first-order chi connectivity index (χ1) is 16.0. The third kappa shape index (κ3) is 5.78. The van der Waals surface area contributed by atoms with Crippen LogP contribution in [0.15, 0.2) is 54.6 Å². The molecule has 0 fully saturated rings. The maximum Gasteiger partial charge on any atom is 0.252 e. The molecule has 0 aromatic heterocycles. The van der Waals surface area contributed by atoms with Gasteiger partial charge in [-0.3, -0.25) is 4.79 Å². The fourth-order valence-corrected chi connectivity index (χ4v) is 4.15. The summed E-state index contributed by atoms with van der Waals surface area (Å²) in [4.78, 5) is 12.3. The number of nitrogens with two attached hydrogens (primary N) is 1. The quantitative estimate of drug-likeness (QED) is 0.493. The Labute approximate surface area is 197 Å². The molecule has 0 saturated heterocycles. The highest BCUT2D eigenvalue weighted by atomic mass is 32.2. The Bertz CT molecular complexity index is 1400. The van der Waals surface area contributed by atoms with Crippen molar-refractivity contribution >= 4 is 15.9 Å². The third-order valence-corrected chi connectivity index (χ3v) is 6.84. The fraction of sp³-hybridized carbons (Fsp3) is 0.160. The number of rotatable bonds is 8. The van der Waals surface area contributed by atoms with E-state index in [4.69, 9.17) is 16.9 Å². The number of terminal acetylenes is 1. The number of sulfonamides is 1. The summed E-state index contributed by atoms with van der Waals surface area (Å²) < 4.78 is 60.1. The van der Waals surface area contributed by atoms with Gasteiger partial charge >= 0.3 is 0 Å². The van der Waals surface area contributed by atoms with Crippen LogP contribution in [0, 0.1) is 24.0 Å². The van der Waals surface area contributed by atoms with Gasteiger partial charge in [-0.05, 0) is 47.0 Å². The topological polar surface area (TPSA) is 89.7 Å². The van der Waals surface area contributed by atoms with Crippen LogP contribution in [0.3, 0.4) is 0 Å². The summed E-state index contributed by atoms with van der Waals surface area (Å²) in [6.07, 6.45) is 5.14. The fourth-order valence-electron chi connectivity index (χ4n) is 3.29. The molecule has 0 saturated carbocycles. The van der Waals surface area contributed by atoms with Gasteiger partial charge in [-0.2, -0.15) is 0 Å². The second-order valence-electron chi connectivity index (χ2n) is 7.72. The summed E-state index contributed by atoms with van der Waals surface area (Å²) in [5.74, 6) is -0.163. The van der Waals surface area contributed by atoms with Gasteiger partial charge < -0.3 is 10.5 Å². The third-order valence-electron chi connectivity index (χ3n) is 5.03. The van der Waals surface area contributed by atoms with Crippen LogP contribution in [0.25, 0.3) is 0 Å². The van der Waals surface area contributed by atoms with Crippen LogP contribution in [0.2, 0.25) is 0 Å². The summed E-state index contributed by atoms with van der Waals surface area (Å²) in [7, 11) is -0.679. The Hall–Kier alpha value is -3.74. The van der Waals surface area contributed by atoms with Gasteiger partial charge in [-0.25, -0.2) is 21.5 Å². The van der Waals surface area contributed by atoms with Crippen molar-refractivity contribution in [2.75, 3.05) is 14.1 Å². The standard InChI is InChI=1S/C25H22F2N2O4S/c1-4-16-8-9-18(22(27)11-16)12-19-13-20(26)14-23(24(19)25(28)30)33-21-7-5-6-17(10-21)15-34(31,32)29(2)3/h1,5-11,13-14H,12,15H2,2-3H3,(H2,28,30). The van der Waals surface area contributed by atoms with Crippen LogP contribution in [0.4, 0.5) is 8.78 Å². The van der Waals surface area contributed by atoms with Crippen molar-refractivity contribution in [1.82, 2.24) is 4.31 Å². The molecule has 3 aromatic rings. The molecule has 2 N–H and O–H groups in total. The lowest BCUT2D eigenvalue weighted by Gasteiger charge is -2.15. The van der Waals surface area contributed by atoms with Crippen LogP contribution in [-0.2, 0) is 22.2 Å². The largest absolute Gasteiger partial charge is 0.456 e. The number of primary amides is 1. The number of benzene rings is 3. The molecular formula is C25H22F2N2O4S. The van der Waals surface area contributed by atoms with Crippen molar-refractivity contribution in [2.45, 2.75) is 12.2 Å². The monoisotopic (exact) mass is 484 g/mol. The van der Waals surface area contributed by atoms with E-state index in [1.165, 1.54) is 44.4 Å². The van der Waals surface area contributed by atoms with Gasteiger partial charge in [-0.1, -0.05) is 24.1 Å². The van der Waals surface area contributed by atoms with Crippen LogP contribution >= 0.6 is 0 Å². The van der Waals surface area contributed by atoms with Crippen molar-refractivity contribution in [1.29, 1.82) is 0 Å². The molecule has 3 rings (SSSR count). The van der Waals surface area contributed by atoms with Gasteiger partial charge in [0.25, 0.3) is 5.91 Å². The molecule has 1 amide bonds. The van der Waals surface area contributed by atoms with Gasteiger partial charge in [0.15, 0.2) is 0 Å². The van der Waals surface area contributed by atoms with Crippen LogP contribution in [0.5, 0.6) is 11.5 Å². The summed E-state index contributed by atoms with van der Waals surface area (Å²) >= 11 is 0.